The second kappa shape index (κ2) is 6.05. The molecule has 3 aromatic rings. The highest BCUT2D eigenvalue weighted by molar-refractivity contribution is 6.34. The monoisotopic (exact) mass is 333 g/mol. The second-order valence-corrected chi connectivity index (χ2v) is 5.00. The quantitative estimate of drug-likeness (QED) is 0.772. The van der Waals surface area contributed by atoms with E-state index in [9.17, 15) is 4.79 Å². The van der Waals surface area contributed by atoms with Crippen LogP contribution < -0.4 is 10.1 Å². The number of carbonyl (C=O) groups is 1. The Morgan fingerprint density at radius 1 is 1.35 bits per heavy atom. The van der Waals surface area contributed by atoms with Crippen molar-refractivity contribution < 1.29 is 9.53 Å². The van der Waals surface area contributed by atoms with Crippen molar-refractivity contribution >= 4 is 23.2 Å². The molecule has 3 rings (SSSR count). The van der Waals surface area contributed by atoms with Gasteiger partial charge in [-0.15, -0.1) is 5.10 Å². The first-order valence-corrected chi connectivity index (χ1v) is 6.87. The number of ether oxygens (including phenoxy) is 1. The van der Waals surface area contributed by atoms with Crippen molar-refractivity contribution in [2.45, 2.75) is 0 Å². The lowest BCUT2D eigenvalue weighted by Crippen LogP contribution is -2.17. The third-order valence-corrected chi connectivity index (χ3v) is 3.38. The Labute approximate surface area is 135 Å². The molecule has 0 saturated heterocycles. The minimum absolute atomic E-state index is 0.262. The third kappa shape index (κ3) is 2.99. The molecule has 0 saturated carbocycles. The highest BCUT2D eigenvalue weighted by Gasteiger charge is 2.16. The molecule has 0 aliphatic rings. The molecule has 0 aliphatic carbocycles. The minimum atomic E-state index is -0.383. The maximum absolute atomic E-state index is 12.4. The van der Waals surface area contributed by atoms with E-state index in [1.54, 1.807) is 25.2 Å². The Hall–Kier alpha value is -2.94. The zero-order valence-electron chi connectivity index (χ0n) is 12.3. The Morgan fingerprint density at radius 2 is 2.17 bits per heavy atom. The number of anilines is 1. The zero-order chi connectivity index (χ0) is 16.4. The molecule has 0 atom stereocenters. The lowest BCUT2D eigenvalue weighted by atomic mass is 10.2. The normalized spacial score (nSPS) is 10.6. The molecule has 0 unspecified atom stereocenters. The van der Waals surface area contributed by atoms with Crippen molar-refractivity contribution in [2.75, 3.05) is 12.4 Å². The van der Waals surface area contributed by atoms with Crippen molar-refractivity contribution in [3.8, 4) is 11.4 Å². The smallest absolute Gasteiger partial charge is 0.275 e. The summed E-state index contributed by atoms with van der Waals surface area (Å²) in [5, 5.41) is 17.9. The second-order valence-electron chi connectivity index (χ2n) is 4.59. The molecule has 1 N–H and O–H groups in total. The topological polar surface area (TPSA) is 99.8 Å². The summed E-state index contributed by atoms with van der Waals surface area (Å²) >= 11 is 5.98. The fraction of sp³-hybridized carbons (Fsp3) is 0.154. The van der Waals surface area contributed by atoms with Crippen LogP contribution in [0.15, 0.2) is 30.7 Å². The van der Waals surface area contributed by atoms with Crippen LogP contribution in [0.3, 0.4) is 0 Å². The number of nitrogens with zero attached hydrogens (tertiary/aromatic N) is 6. The summed E-state index contributed by atoms with van der Waals surface area (Å²) in [5.74, 6) is 0.162. The lowest BCUT2D eigenvalue weighted by molar-refractivity contribution is 0.101. The first-order valence-electron chi connectivity index (χ1n) is 6.50. The highest BCUT2D eigenvalue weighted by atomic mass is 35.5. The molecule has 118 valence electrons. The summed E-state index contributed by atoms with van der Waals surface area (Å²) in [5.41, 5.74) is 1.41. The van der Waals surface area contributed by atoms with Crippen LogP contribution in [0.1, 0.15) is 10.5 Å². The lowest BCUT2D eigenvalue weighted by Gasteiger charge is -2.10. The van der Waals surface area contributed by atoms with E-state index in [2.05, 4.69) is 25.9 Å². The maximum Gasteiger partial charge on any atom is 0.275 e. The van der Waals surface area contributed by atoms with E-state index < -0.39 is 0 Å². The van der Waals surface area contributed by atoms with Gasteiger partial charge in [0.05, 0.1) is 24.0 Å². The van der Waals surface area contributed by atoms with E-state index in [0.29, 0.717) is 17.1 Å². The first kappa shape index (κ1) is 15.0. The van der Waals surface area contributed by atoms with Crippen LogP contribution in [0.25, 0.3) is 5.69 Å². The molecule has 23 heavy (non-hydrogen) atoms. The number of hydrogen-bond acceptors (Lipinski definition) is 6. The Morgan fingerprint density at radius 3 is 2.78 bits per heavy atom. The average Bonchev–Trinajstić information content (AvgIpc) is 3.17. The van der Waals surface area contributed by atoms with Crippen LogP contribution in [0.4, 0.5) is 5.69 Å². The molecule has 1 amide bonds. The number of amides is 1. The van der Waals surface area contributed by atoms with Crippen LogP contribution in [-0.2, 0) is 7.05 Å². The molecule has 0 fully saturated rings. The summed E-state index contributed by atoms with van der Waals surface area (Å²) in [4.78, 5) is 12.4. The van der Waals surface area contributed by atoms with Crippen molar-refractivity contribution in [1.82, 2.24) is 30.0 Å². The number of nitrogens with one attached hydrogen (secondary N) is 1. The average molecular weight is 334 g/mol. The predicted octanol–water partition coefficient (Wildman–Crippen LogP) is 1.31. The zero-order valence-corrected chi connectivity index (χ0v) is 13.0. The van der Waals surface area contributed by atoms with Crippen LogP contribution in [-0.4, -0.2) is 43.0 Å². The molecule has 1 aromatic carbocycles. The highest BCUT2D eigenvalue weighted by Crippen LogP contribution is 2.24. The van der Waals surface area contributed by atoms with Gasteiger partial charge in [0, 0.05) is 24.9 Å². The van der Waals surface area contributed by atoms with Gasteiger partial charge in [-0.3, -0.25) is 9.48 Å². The summed E-state index contributed by atoms with van der Waals surface area (Å²) in [6.07, 6.45) is 2.85. The van der Waals surface area contributed by atoms with Crippen molar-refractivity contribution in [3.05, 3.63) is 41.4 Å². The number of aromatic nitrogens is 6. The SMILES string of the molecule is COc1cc(NC(=O)c2c(Cl)cnn2C)cc(-n2cnnn2)c1. The molecule has 0 radical (unpaired) electrons. The van der Waals surface area contributed by atoms with E-state index >= 15 is 0 Å². The van der Waals surface area contributed by atoms with Crippen LogP contribution in [0, 0.1) is 0 Å². The number of rotatable bonds is 4. The summed E-state index contributed by atoms with van der Waals surface area (Å²) in [6.45, 7) is 0. The van der Waals surface area contributed by atoms with Gasteiger partial charge in [-0.1, -0.05) is 11.6 Å². The van der Waals surface area contributed by atoms with Crippen molar-refractivity contribution in [3.63, 3.8) is 0 Å². The number of halogens is 1. The van der Waals surface area contributed by atoms with Gasteiger partial charge in [-0.05, 0) is 16.5 Å². The molecule has 10 heteroatoms. The Kier molecular flexibility index (Phi) is 3.94. The van der Waals surface area contributed by atoms with E-state index in [1.807, 2.05) is 0 Å². The van der Waals surface area contributed by atoms with Crippen molar-refractivity contribution in [2.24, 2.45) is 7.05 Å². The van der Waals surface area contributed by atoms with Gasteiger partial charge in [0.2, 0.25) is 0 Å². The summed E-state index contributed by atoms with van der Waals surface area (Å²) in [6, 6.07) is 5.13. The molecular formula is C13H12ClN7O2. The number of hydrogen-bond donors (Lipinski definition) is 1. The molecule has 2 aromatic heterocycles. The van der Waals surface area contributed by atoms with E-state index in [-0.39, 0.29) is 16.6 Å². The predicted molar refractivity (Wildman–Crippen MR) is 81.9 cm³/mol. The molecule has 2 heterocycles. The van der Waals surface area contributed by atoms with Crippen molar-refractivity contribution in [1.29, 1.82) is 0 Å². The van der Waals surface area contributed by atoms with E-state index in [1.165, 1.54) is 29.0 Å². The number of methoxy groups -OCH3 is 1. The molecule has 0 spiro atoms. The fourth-order valence-electron chi connectivity index (χ4n) is 2.04. The van der Waals surface area contributed by atoms with E-state index in [4.69, 9.17) is 16.3 Å². The molecule has 0 aliphatic heterocycles. The van der Waals surface area contributed by atoms with Gasteiger partial charge in [-0.2, -0.15) is 5.10 Å². The van der Waals surface area contributed by atoms with Gasteiger partial charge in [-0.25, -0.2) is 4.68 Å². The van der Waals surface area contributed by atoms with Gasteiger partial charge >= 0.3 is 0 Å². The molecule has 9 nitrogen and oxygen atoms in total. The maximum atomic E-state index is 12.4. The van der Waals surface area contributed by atoms with Gasteiger partial charge in [0.15, 0.2) is 0 Å². The van der Waals surface area contributed by atoms with Gasteiger partial charge < -0.3 is 10.1 Å². The Bertz CT molecular complexity index is 825. The number of tetrazole rings is 1. The standard InChI is InChI=1S/C13H12ClN7O2/c1-20-12(11(14)6-16-20)13(22)17-8-3-9(5-10(4-8)23-2)21-7-15-18-19-21/h3-7H,1-2H3,(H,17,22). The molecular weight excluding hydrogens is 322 g/mol. The fourth-order valence-corrected chi connectivity index (χ4v) is 2.29. The Balaban J connectivity index is 1.94. The van der Waals surface area contributed by atoms with Gasteiger partial charge in [0.1, 0.15) is 17.8 Å². The summed E-state index contributed by atoms with van der Waals surface area (Å²) in [7, 11) is 3.17. The van der Waals surface area contributed by atoms with E-state index in [0.717, 1.165) is 0 Å². The van der Waals surface area contributed by atoms with Crippen LogP contribution >= 0.6 is 11.6 Å². The van der Waals surface area contributed by atoms with Crippen LogP contribution in [0.5, 0.6) is 5.75 Å². The summed E-state index contributed by atoms with van der Waals surface area (Å²) < 4.78 is 8.09. The first-order chi connectivity index (χ1) is 11.1. The number of benzene rings is 1. The van der Waals surface area contributed by atoms with Crippen LogP contribution in [0.2, 0.25) is 5.02 Å². The number of carbonyl (C=O) groups excluding carboxylic acids is 1. The molecule has 0 bridgehead atoms. The number of aryl methyl sites for hydroxylation is 1. The third-order valence-electron chi connectivity index (χ3n) is 3.11. The van der Waals surface area contributed by atoms with Gasteiger partial charge in [0.25, 0.3) is 5.91 Å². The minimum Gasteiger partial charge on any atom is -0.497 e. The largest absolute Gasteiger partial charge is 0.497 e.